The summed E-state index contributed by atoms with van der Waals surface area (Å²) < 4.78 is 10.8. The molecule has 0 spiro atoms. The predicted octanol–water partition coefficient (Wildman–Crippen LogP) is 3.41. The number of aryl methyl sites for hydroxylation is 2. The van der Waals surface area contributed by atoms with E-state index in [1.807, 2.05) is 30.3 Å². The highest BCUT2D eigenvalue weighted by molar-refractivity contribution is 5.95. The smallest absolute Gasteiger partial charge is 0.305 e. The molecule has 1 amide bonds. The van der Waals surface area contributed by atoms with Crippen LogP contribution in [0.3, 0.4) is 0 Å². The number of carboxylic acid groups (broad SMARTS) is 1. The van der Waals surface area contributed by atoms with Crippen molar-refractivity contribution >= 4 is 11.9 Å². The lowest BCUT2D eigenvalue weighted by atomic mass is 9.89. The summed E-state index contributed by atoms with van der Waals surface area (Å²) in [7, 11) is 3.12. The number of methoxy groups -OCH3 is 2. The van der Waals surface area contributed by atoms with E-state index in [0.717, 1.165) is 30.4 Å². The number of aliphatic carboxylic acids is 1. The molecule has 4 rings (SSSR count). The quantitative estimate of drug-likeness (QED) is 0.840. The summed E-state index contributed by atoms with van der Waals surface area (Å²) in [5, 5.41) is 9.52. The van der Waals surface area contributed by atoms with Crippen LogP contribution in [-0.4, -0.2) is 42.6 Å². The van der Waals surface area contributed by atoms with E-state index in [9.17, 15) is 14.7 Å². The van der Waals surface area contributed by atoms with Crippen molar-refractivity contribution in [3.05, 3.63) is 58.1 Å². The lowest BCUT2D eigenvalue weighted by Gasteiger charge is -2.37. The van der Waals surface area contributed by atoms with Crippen molar-refractivity contribution in [2.24, 2.45) is 0 Å². The van der Waals surface area contributed by atoms with E-state index in [-0.39, 0.29) is 12.3 Å². The zero-order valence-electron chi connectivity index (χ0n) is 16.7. The van der Waals surface area contributed by atoms with Gasteiger partial charge in [-0.05, 0) is 72.2 Å². The number of benzene rings is 2. The molecule has 6 nitrogen and oxygen atoms in total. The first-order valence-corrected chi connectivity index (χ1v) is 9.91. The third kappa shape index (κ3) is 3.55. The van der Waals surface area contributed by atoms with Crippen molar-refractivity contribution in [2.45, 2.75) is 38.1 Å². The maximum Gasteiger partial charge on any atom is 0.305 e. The number of fused-ring (bicyclic) bond motifs is 2. The number of amides is 1. The molecule has 0 aromatic heterocycles. The number of nitrogens with zero attached hydrogens (tertiary/aromatic N) is 1. The Balaban J connectivity index is 1.72. The summed E-state index contributed by atoms with van der Waals surface area (Å²) in [4.78, 5) is 26.7. The van der Waals surface area contributed by atoms with E-state index >= 15 is 0 Å². The van der Waals surface area contributed by atoms with Crippen LogP contribution in [0, 0.1) is 0 Å². The van der Waals surface area contributed by atoms with Gasteiger partial charge in [0.1, 0.15) is 0 Å². The molecule has 1 unspecified atom stereocenters. The van der Waals surface area contributed by atoms with Crippen LogP contribution in [0.15, 0.2) is 30.3 Å². The highest BCUT2D eigenvalue weighted by Crippen LogP contribution is 2.40. The average Bonchev–Trinajstić information content (AvgIpc) is 3.20. The van der Waals surface area contributed by atoms with Gasteiger partial charge in [0.2, 0.25) is 0 Å². The largest absolute Gasteiger partial charge is 0.493 e. The molecule has 1 heterocycles. The Hall–Kier alpha value is -3.02. The van der Waals surface area contributed by atoms with Crippen LogP contribution < -0.4 is 9.47 Å². The Morgan fingerprint density at radius 1 is 1.00 bits per heavy atom. The van der Waals surface area contributed by atoms with Gasteiger partial charge in [0.05, 0.1) is 26.7 Å². The SMILES string of the molecule is COc1cc2c(cc1OC)C(CC(=O)O)N(C(=O)c1ccc3c(c1)CCC3)CC2. The van der Waals surface area contributed by atoms with Crippen LogP contribution in [0.5, 0.6) is 11.5 Å². The minimum Gasteiger partial charge on any atom is -0.493 e. The van der Waals surface area contributed by atoms with E-state index in [1.54, 1.807) is 19.1 Å². The van der Waals surface area contributed by atoms with Crippen LogP contribution in [0.4, 0.5) is 0 Å². The highest BCUT2D eigenvalue weighted by Gasteiger charge is 2.34. The third-order valence-corrected chi connectivity index (χ3v) is 5.98. The van der Waals surface area contributed by atoms with E-state index in [2.05, 4.69) is 0 Å². The first-order valence-electron chi connectivity index (χ1n) is 9.91. The molecule has 1 N–H and O–H groups in total. The molecule has 0 radical (unpaired) electrons. The van der Waals surface area contributed by atoms with E-state index < -0.39 is 12.0 Å². The van der Waals surface area contributed by atoms with Crippen molar-refractivity contribution < 1.29 is 24.2 Å². The number of ether oxygens (including phenoxy) is 2. The van der Waals surface area contributed by atoms with E-state index in [0.29, 0.717) is 30.0 Å². The monoisotopic (exact) mass is 395 g/mol. The number of carboxylic acids is 1. The molecule has 1 aliphatic carbocycles. The summed E-state index contributed by atoms with van der Waals surface area (Å²) in [5.74, 6) is 0.0861. The minimum absolute atomic E-state index is 0.119. The molecule has 0 fully saturated rings. The molecule has 2 aliphatic rings. The fourth-order valence-corrected chi connectivity index (χ4v) is 4.53. The van der Waals surface area contributed by atoms with Crippen LogP contribution >= 0.6 is 0 Å². The summed E-state index contributed by atoms with van der Waals surface area (Å²) in [6, 6.07) is 9.04. The van der Waals surface area contributed by atoms with E-state index in [1.165, 1.54) is 11.1 Å². The average molecular weight is 395 g/mol. The Labute approximate surface area is 170 Å². The summed E-state index contributed by atoms with van der Waals surface area (Å²) >= 11 is 0. The predicted molar refractivity (Wildman–Crippen MR) is 108 cm³/mol. The van der Waals surface area contributed by atoms with Crippen LogP contribution in [0.2, 0.25) is 0 Å². The fourth-order valence-electron chi connectivity index (χ4n) is 4.53. The standard InChI is InChI=1S/C23H25NO5/c1-28-20-11-16-8-9-24(19(13-22(25)26)18(16)12-21(20)29-2)23(27)17-7-6-14-4-3-5-15(14)10-17/h6-7,10-12,19H,3-5,8-9,13H2,1-2H3,(H,25,26). The highest BCUT2D eigenvalue weighted by atomic mass is 16.5. The number of carbonyl (C=O) groups excluding carboxylic acids is 1. The van der Waals surface area contributed by atoms with Crippen molar-refractivity contribution in [3.63, 3.8) is 0 Å². The van der Waals surface area contributed by atoms with Crippen LogP contribution in [0.1, 0.15) is 51.5 Å². The number of hydrogen-bond acceptors (Lipinski definition) is 4. The van der Waals surface area contributed by atoms with Gasteiger partial charge in [0.15, 0.2) is 11.5 Å². The van der Waals surface area contributed by atoms with Gasteiger partial charge in [-0.2, -0.15) is 0 Å². The maximum atomic E-state index is 13.4. The second-order valence-electron chi connectivity index (χ2n) is 7.61. The van der Waals surface area contributed by atoms with Crippen molar-refractivity contribution in [1.29, 1.82) is 0 Å². The molecule has 0 saturated carbocycles. The molecule has 2 aromatic carbocycles. The van der Waals surface area contributed by atoms with Gasteiger partial charge in [-0.25, -0.2) is 0 Å². The Morgan fingerprint density at radius 3 is 2.45 bits per heavy atom. The zero-order chi connectivity index (χ0) is 20.5. The number of carbonyl (C=O) groups is 2. The lowest BCUT2D eigenvalue weighted by molar-refractivity contribution is -0.138. The van der Waals surface area contributed by atoms with Gasteiger partial charge in [-0.15, -0.1) is 0 Å². The Bertz CT molecular complexity index is 968. The summed E-state index contributed by atoms with van der Waals surface area (Å²) in [6.07, 6.45) is 3.66. The molecule has 1 atom stereocenters. The number of hydrogen-bond donors (Lipinski definition) is 1. The summed E-state index contributed by atoms with van der Waals surface area (Å²) in [5.41, 5.74) is 4.97. The van der Waals surface area contributed by atoms with Crippen molar-refractivity contribution in [2.75, 3.05) is 20.8 Å². The summed E-state index contributed by atoms with van der Waals surface area (Å²) in [6.45, 7) is 0.469. The minimum atomic E-state index is -0.940. The van der Waals surface area contributed by atoms with Crippen molar-refractivity contribution in [3.8, 4) is 11.5 Å². The van der Waals surface area contributed by atoms with Crippen LogP contribution in [-0.2, 0) is 24.1 Å². The van der Waals surface area contributed by atoms with Crippen molar-refractivity contribution in [1.82, 2.24) is 4.90 Å². The van der Waals surface area contributed by atoms with Gasteiger partial charge >= 0.3 is 5.97 Å². The lowest BCUT2D eigenvalue weighted by Crippen LogP contribution is -2.41. The Kier molecular flexibility index (Phi) is 5.18. The fraction of sp³-hybridized carbons (Fsp3) is 0.391. The van der Waals surface area contributed by atoms with Gasteiger partial charge < -0.3 is 19.5 Å². The van der Waals surface area contributed by atoms with E-state index in [4.69, 9.17) is 9.47 Å². The first-order chi connectivity index (χ1) is 14.0. The molecular formula is C23H25NO5. The van der Waals surface area contributed by atoms with Gasteiger partial charge in [-0.1, -0.05) is 6.07 Å². The number of rotatable bonds is 5. The third-order valence-electron chi connectivity index (χ3n) is 5.98. The van der Waals surface area contributed by atoms with Gasteiger partial charge in [0, 0.05) is 12.1 Å². The molecule has 2 aromatic rings. The maximum absolute atomic E-state index is 13.4. The normalized spacial score (nSPS) is 17.4. The Morgan fingerprint density at radius 2 is 1.72 bits per heavy atom. The first kappa shape index (κ1) is 19.3. The molecule has 152 valence electrons. The molecule has 1 aliphatic heterocycles. The molecular weight excluding hydrogens is 370 g/mol. The zero-order valence-corrected chi connectivity index (χ0v) is 16.7. The topological polar surface area (TPSA) is 76.1 Å². The molecule has 6 heteroatoms. The molecule has 0 bridgehead atoms. The molecule has 29 heavy (non-hydrogen) atoms. The molecule has 0 saturated heterocycles. The van der Waals surface area contributed by atoms with Gasteiger partial charge in [0.25, 0.3) is 5.91 Å². The second-order valence-corrected chi connectivity index (χ2v) is 7.61. The second kappa shape index (κ2) is 7.78. The van der Waals surface area contributed by atoms with Gasteiger partial charge in [-0.3, -0.25) is 9.59 Å². The van der Waals surface area contributed by atoms with Crippen LogP contribution in [0.25, 0.3) is 0 Å².